The van der Waals surface area contributed by atoms with Gasteiger partial charge in [0.1, 0.15) is 11.0 Å². The molecule has 2 rings (SSSR count). The number of fused-ring (bicyclic) bond motifs is 1. The number of aliphatic imine (C=N–C) groups is 1. The fourth-order valence-electron chi connectivity index (χ4n) is 1.73. The molecule has 0 unspecified atom stereocenters. The molecule has 108 valence electrons. The SMILES string of the molecule is C=C/C=N\C(Cl)=C(\F)C/C=C1/C(=O)Nc2cc(Cl)ncc21. The standard InChI is InChI=1S/C14H10Cl2FN3O/c1-2-5-18-13(16)10(17)4-3-8-9-7-19-12(15)6-11(9)20-14(8)21/h2-3,5-7H,1,4H2,(H,20,21)/b8-3+,13-10+,18-5-. The zero-order valence-corrected chi connectivity index (χ0v) is 12.2. The lowest BCUT2D eigenvalue weighted by Gasteiger charge is -1.98. The smallest absolute Gasteiger partial charge is 0.256 e. The lowest BCUT2D eigenvalue weighted by atomic mass is 10.1. The van der Waals surface area contributed by atoms with Crippen molar-refractivity contribution in [1.29, 1.82) is 0 Å². The lowest BCUT2D eigenvalue weighted by molar-refractivity contribution is -0.110. The van der Waals surface area contributed by atoms with Gasteiger partial charge in [0.15, 0.2) is 5.16 Å². The van der Waals surface area contributed by atoms with Crippen molar-refractivity contribution in [2.45, 2.75) is 6.42 Å². The summed E-state index contributed by atoms with van der Waals surface area (Å²) in [6.45, 7) is 3.41. The maximum absolute atomic E-state index is 13.7. The van der Waals surface area contributed by atoms with Gasteiger partial charge in [0.25, 0.3) is 5.91 Å². The Morgan fingerprint density at radius 1 is 1.57 bits per heavy atom. The molecule has 0 atom stereocenters. The number of nitrogens with zero attached hydrogens (tertiary/aromatic N) is 2. The van der Waals surface area contributed by atoms with Gasteiger partial charge in [-0.05, 0) is 6.07 Å². The van der Waals surface area contributed by atoms with Crippen molar-refractivity contribution < 1.29 is 9.18 Å². The van der Waals surface area contributed by atoms with E-state index in [1.54, 1.807) is 0 Å². The van der Waals surface area contributed by atoms with Gasteiger partial charge < -0.3 is 5.32 Å². The molecule has 0 saturated carbocycles. The van der Waals surface area contributed by atoms with E-state index in [1.807, 2.05) is 0 Å². The molecule has 1 amide bonds. The highest BCUT2D eigenvalue weighted by atomic mass is 35.5. The second-order valence-electron chi connectivity index (χ2n) is 4.04. The fraction of sp³-hybridized carbons (Fsp3) is 0.0714. The summed E-state index contributed by atoms with van der Waals surface area (Å²) in [6, 6.07) is 1.53. The minimum absolute atomic E-state index is 0.155. The number of halogens is 3. The van der Waals surface area contributed by atoms with Crippen LogP contribution in [-0.4, -0.2) is 17.1 Å². The Labute approximate surface area is 130 Å². The molecule has 1 aromatic heterocycles. The Balaban J connectivity index is 2.25. The summed E-state index contributed by atoms with van der Waals surface area (Å²) in [5.41, 5.74) is 1.44. The second kappa shape index (κ2) is 6.65. The molecule has 0 fully saturated rings. The van der Waals surface area contributed by atoms with Gasteiger partial charge in [0.2, 0.25) is 0 Å². The minimum Gasteiger partial charge on any atom is -0.321 e. The molecule has 0 radical (unpaired) electrons. The zero-order valence-electron chi connectivity index (χ0n) is 10.7. The normalized spacial score (nSPS) is 16.9. The van der Waals surface area contributed by atoms with E-state index in [-0.39, 0.29) is 22.6 Å². The molecule has 7 heteroatoms. The van der Waals surface area contributed by atoms with Gasteiger partial charge in [0, 0.05) is 30.0 Å². The maximum atomic E-state index is 13.7. The summed E-state index contributed by atoms with van der Waals surface area (Å²) in [5.74, 6) is -0.988. The molecule has 0 spiro atoms. The first-order valence-corrected chi connectivity index (χ1v) is 6.65. The van der Waals surface area contributed by atoms with Crippen molar-refractivity contribution in [3.05, 3.63) is 52.7 Å². The van der Waals surface area contributed by atoms with E-state index in [0.717, 1.165) is 0 Å². The molecule has 1 aliphatic rings. The first-order valence-electron chi connectivity index (χ1n) is 5.89. The number of pyridine rings is 1. The van der Waals surface area contributed by atoms with Crippen LogP contribution in [0.2, 0.25) is 5.15 Å². The maximum Gasteiger partial charge on any atom is 0.256 e. The highest BCUT2D eigenvalue weighted by molar-refractivity contribution is 6.33. The average molecular weight is 326 g/mol. The number of aromatic nitrogens is 1. The largest absolute Gasteiger partial charge is 0.321 e. The molecule has 1 aliphatic heterocycles. The molecule has 0 aliphatic carbocycles. The van der Waals surface area contributed by atoms with E-state index >= 15 is 0 Å². The van der Waals surface area contributed by atoms with Crippen LogP contribution in [0.5, 0.6) is 0 Å². The summed E-state index contributed by atoms with van der Waals surface area (Å²) in [4.78, 5) is 19.4. The van der Waals surface area contributed by atoms with Crippen LogP contribution in [0.1, 0.15) is 12.0 Å². The van der Waals surface area contributed by atoms with Gasteiger partial charge in [-0.3, -0.25) is 4.79 Å². The molecule has 0 saturated heterocycles. The third-order valence-electron chi connectivity index (χ3n) is 2.66. The van der Waals surface area contributed by atoms with E-state index in [4.69, 9.17) is 23.2 Å². The van der Waals surface area contributed by atoms with Gasteiger partial charge in [-0.15, -0.1) is 0 Å². The van der Waals surface area contributed by atoms with Crippen molar-refractivity contribution in [2.75, 3.05) is 5.32 Å². The van der Waals surface area contributed by atoms with Gasteiger partial charge in [0.05, 0.1) is 5.69 Å². The van der Waals surface area contributed by atoms with Crippen molar-refractivity contribution in [3.63, 3.8) is 0 Å². The molecule has 0 aromatic carbocycles. The highest BCUT2D eigenvalue weighted by Crippen LogP contribution is 2.33. The van der Waals surface area contributed by atoms with E-state index < -0.39 is 5.83 Å². The Morgan fingerprint density at radius 3 is 3.05 bits per heavy atom. The van der Waals surface area contributed by atoms with Crippen LogP contribution >= 0.6 is 23.2 Å². The summed E-state index contributed by atoms with van der Waals surface area (Å²) < 4.78 is 13.7. The zero-order chi connectivity index (χ0) is 15.4. The number of carbonyl (C=O) groups is 1. The number of nitrogens with one attached hydrogen (secondary N) is 1. The van der Waals surface area contributed by atoms with E-state index in [2.05, 4.69) is 21.9 Å². The molecule has 1 N–H and O–H groups in total. The fourth-order valence-corrected chi connectivity index (χ4v) is 2.02. The number of hydrogen-bond donors (Lipinski definition) is 1. The number of amides is 1. The summed E-state index contributed by atoms with van der Waals surface area (Å²) in [5, 5.41) is 2.62. The molecule has 1 aromatic rings. The molecular weight excluding hydrogens is 316 g/mol. The van der Waals surface area contributed by atoms with Crippen molar-refractivity contribution in [2.24, 2.45) is 4.99 Å². The van der Waals surface area contributed by atoms with Crippen LogP contribution in [-0.2, 0) is 4.79 Å². The first kappa shape index (κ1) is 15.4. The van der Waals surface area contributed by atoms with E-state index in [9.17, 15) is 9.18 Å². The number of anilines is 1. The van der Waals surface area contributed by atoms with Crippen LogP contribution in [0.3, 0.4) is 0 Å². The van der Waals surface area contributed by atoms with E-state index in [0.29, 0.717) is 16.8 Å². The number of hydrogen-bond acceptors (Lipinski definition) is 3. The quantitative estimate of drug-likeness (QED) is 0.392. The van der Waals surface area contributed by atoms with Gasteiger partial charge >= 0.3 is 0 Å². The van der Waals surface area contributed by atoms with Crippen molar-refractivity contribution >= 4 is 46.6 Å². The van der Waals surface area contributed by atoms with Gasteiger partial charge in [-0.25, -0.2) is 14.4 Å². The Morgan fingerprint density at radius 2 is 2.33 bits per heavy atom. The van der Waals surface area contributed by atoms with Crippen LogP contribution < -0.4 is 5.32 Å². The van der Waals surface area contributed by atoms with Crippen molar-refractivity contribution in [1.82, 2.24) is 4.98 Å². The Hall–Kier alpha value is -1.98. The van der Waals surface area contributed by atoms with Gasteiger partial charge in [-0.2, -0.15) is 0 Å². The summed E-state index contributed by atoms with van der Waals surface area (Å²) in [7, 11) is 0. The topological polar surface area (TPSA) is 54.4 Å². The van der Waals surface area contributed by atoms with Crippen molar-refractivity contribution in [3.8, 4) is 0 Å². The highest BCUT2D eigenvalue weighted by Gasteiger charge is 2.24. The first-order chi connectivity index (χ1) is 10.0. The predicted molar refractivity (Wildman–Crippen MR) is 83.1 cm³/mol. The minimum atomic E-state index is -0.648. The lowest BCUT2D eigenvalue weighted by Crippen LogP contribution is -2.03. The molecule has 0 bridgehead atoms. The third-order valence-corrected chi connectivity index (χ3v) is 3.17. The molecule has 2 heterocycles. The van der Waals surface area contributed by atoms with Crippen LogP contribution in [0.25, 0.3) is 5.57 Å². The van der Waals surface area contributed by atoms with Gasteiger partial charge in [-0.1, -0.05) is 41.9 Å². The Kier molecular flexibility index (Phi) is 4.88. The Bertz CT molecular complexity index is 695. The van der Waals surface area contributed by atoms with Crippen LogP contribution in [0, 0.1) is 0 Å². The van der Waals surface area contributed by atoms with Crippen LogP contribution in [0.15, 0.2) is 47.0 Å². The monoisotopic (exact) mass is 325 g/mol. The predicted octanol–water partition coefficient (Wildman–Crippen LogP) is 4.09. The number of rotatable bonds is 4. The number of allylic oxidation sites excluding steroid dienone is 3. The summed E-state index contributed by atoms with van der Waals surface area (Å²) in [6.07, 6.45) is 5.39. The van der Waals surface area contributed by atoms with E-state index in [1.165, 1.54) is 30.6 Å². The molecule has 21 heavy (non-hydrogen) atoms. The third kappa shape index (κ3) is 3.56. The molecule has 4 nitrogen and oxygen atoms in total. The molecular formula is C14H10Cl2FN3O. The summed E-state index contributed by atoms with van der Waals surface area (Å²) >= 11 is 11.4. The second-order valence-corrected chi connectivity index (χ2v) is 4.78. The van der Waals surface area contributed by atoms with Crippen LogP contribution in [0.4, 0.5) is 10.1 Å². The number of carbonyl (C=O) groups excluding carboxylic acids is 1. The average Bonchev–Trinajstić information content (AvgIpc) is 2.76.